The van der Waals surface area contributed by atoms with Crippen molar-refractivity contribution in [2.75, 3.05) is 31.3 Å². The van der Waals surface area contributed by atoms with Crippen LogP contribution < -0.4 is 4.90 Å². The van der Waals surface area contributed by atoms with E-state index in [9.17, 15) is 9.35 Å². The predicted molar refractivity (Wildman–Crippen MR) is 57.6 cm³/mol. The van der Waals surface area contributed by atoms with Crippen molar-refractivity contribution in [3.63, 3.8) is 0 Å². The average molecular weight is 246 g/mol. The largest absolute Gasteiger partial charge is 0.610 e. The number of urea groups is 1. The lowest BCUT2D eigenvalue weighted by Gasteiger charge is -2.10. The topological polar surface area (TPSA) is 72.4 Å². The van der Waals surface area contributed by atoms with Crippen molar-refractivity contribution < 1.29 is 9.35 Å². The van der Waals surface area contributed by atoms with Crippen LogP contribution in [0.5, 0.6) is 0 Å². The van der Waals surface area contributed by atoms with Crippen LogP contribution in [0, 0.1) is 0 Å². The first kappa shape index (κ1) is 10.7. The number of anilines is 1. The van der Waals surface area contributed by atoms with Crippen LogP contribution in [0.2, 0.25) is 0 Å². The van der Waals surface area contributed by atoms with Crippen molar-refractivity contribution in [1.82, 2.24) is 15.1 Å². The monoisotopic (exact) mass is 246 g/mol. The third kappa shape index (κ3) is 1.92. The molecule has 15 heavy (non-hydrogen) atoms. The van der Waals surface area contributed by atoms with Gasteiger partial charge in [-0.25, -0.2) is 4.79 Å². The van der Waals surface area contributed by atoms with Crippen LogP contribution >= 0.6 is 11.3 Å². The average Bonchev–Trinajstić information content (AvgIpc) is 2.76. The Labute approximate surface area is 94.1 Å². The molecule has 2 heterocycles. The summed E-state index contributed by atoms with van der Waals surface area (Å²) in [7, 11) is 1.74. The second-order valence-corrected chi connectivity index (χ2v) is 5.67. The first-order valence-electron chi connectivity index (χ1n) is 4.29. The number of likely N-dealkylation sites (N-methyl/N-ethyl adjacent to an activating group) is 1. The molecule has 1 aliphatic rings. The molecule has 1 fully saturated rings. The lowest BCUT2D eigenvalue weighted by atomic mass is 10.6. The number of aromatic nitrogens is 2. The molecule has 1 saturated heterocycles. The summed E-state index contributed by atoms with van der Waals surface area (Å²) in [4.78, 5) is 14.8. The summed E-state index contributed by atoms with van der Waals surface area (Å²) in [6, 6.07) is -0.0837. The Kier molecular flexibility index (Phi) is 2.81. The fourth-order valence-electron chi connectivity index (χ4n) is 1.25. The second kappa shape index (κ2) is 3.95. The number of rotatable bonds is 2. The molecular weight excluding hydrogens is 236 g/mol. The number of hydrogen-bond donors (Lipinski definition) is 0. The maximum Gasteiger partial charge on any atom is 0.326 e. The minimum absolute atomic E-state index is 0.0837. The molecule has 1 aliphatic heterocycles. The van der Waals surface area contributed by atoms with Gasteiger partial charge in [0.25, 0.3) is 0 Å². The van der Waals surface area contributed by atoms with Crippen LogP contribution in [0.3, 0.4) is 0 Å². The predicted octanol–water partition coefficient (Wildman–Crippen LogP) is 0.147. The van der Waals surface area contributed by atoms with Crippen molar-refractivity contribution in [2.24, 2.45) is 0 Å². The van der Waals surface area contributed by atoms with Gasteiger partial charge in [-0.15, -0.1) is 5.10 Å². The lowest BCUT2D eigenvalue weighted by molar-refractivity contribution is 0.229. The Bertz CT molecular complexity index is 381. The first-order valence-corrected chi connectivity index (χ1v) is 6.66. The zero-order valence-electron chi connectivity index (χ0n) is 8.34. The van der Waals surface area contributed by atoms with Gasteiger partial charge in [0.15, 0.2) is 0 Å². The normalized spacial score (nSPS) is 18.7. The van der Waals surface area contributed by atoms with E-state index in [1.807, 2.05) is 0 Å². The van der Waals surface area contributed by atoms with Crippen LogP contribution in [-0.4, -0.2) is 52.1 Å². The van der Waals surface area contributed by atoms with Crippen LogP contribution in [0.25, 0.3) is 0 Å². The SMILES string of the molecule is CN1CCN(c2nnc([S+](C)[O-])s2)C1=O. The van der Waals surface area contributed by atoms with Gasteiger partial charge in [-0.1, -0.05) is 5.10 Å². The van der Waals surface area contributed by atoms with Gasteiger partial charge in [-0.3, -0.25) is 4.90 Å². The Hall–Kier alpha value is -0.860. The molecule has 2 rings (SSSR count). The van der Waals surface area contributed by atoms with Crippen LogP contribution in [-0.2, 0) is 11.2 Å². The molecule has 0 aliphatic carbocycles. The second-order valence-electron chi connectivity index (χ2n) is 3.16. The molecule has 8 heteroatoms. The number of amides is 2. The molecule has 0 saturated carbocycles. The molecule has 1 unspecified atom stereocenters. The summed E-state index contributed by atoms with van der Waals surface area (Å²) < 4.78 is 11.6. The highest BCUT2D eigenvalue weighted by molar-refractivity contribution is 7.92. The van der Waals surface area contributed by atoms with Crippen molar-refractivity contribution in [3.05, 3.63) is 0 Å². The van der Waals surface area contributed by atoms with E-state index in [0.717, 1.165) is 0 Å². The molecule has 1 aromatic rings. The van der Waals surface area contributed by atoms with E-state index < -0.39 is 11.2 Å². The molecule has 1 atom stereocenters. The van der Waals surface area contributed by atoms with Crippen molar-refractivity contribution in [3.8, 4) is 0 Å². The lowest BCUT2D eigenvalue weighted by Crippen LogP contribution is -2.29. The molecule has 0 bridgehead atoms. The Morgan fingerprint density at radius 2 is 2.20 bits per heavy atom. The molecule has 6 nitrogen and oxygen atoms in total. The number of nitrogens with zero attached hydrogens (tertiary/aromatic N) is 4. The third-order valence-corrected chi connectivity index (χ3v) is 4.36. The molecule has 82 valence electrons. The van der Waals surface area contributed by atoms with Crippen molar-refractivity contribution >= 4 is 33.7 Å². The Morgan fingerprint density at radius 1 is 1.47 bits per heavy atom. The van der Waals surface area contributed by atoms with Gasteiger partial charge >= 0.3 is 10.4 Å². The van der Waals surface area contributed by atoms with E-state index in [4.69, 9.17) is 0 Å². The minimum Gasteiger partial charge on any atom is -0.610 e. The maximum atomic E-state index is 11.6. The number of carbonyl (C=O) groups is 1. The highest BCUT2D eigenvalue weighted by Gasteiger charge is 2.30. The van der Waals surface area contributed by atoms with Gasteiger partial charge in [0.2, 0.25) is 5.13 Å². The van der Waals surface area contributed by atoms with Crippen molar-refractivity contribution in [2.45, 2.75) is 4.34 Å². The highest BCUT2D eigenvalue weighted by atomic mass is 32.2. The maximum absolute atomic E-state index is 11.6. The fourth-order valence-corrected chi connectivity index (χ4v) is 2.70. The van der Waals surface area contributed by atoms with Crippen LogP contribution in [0.1, 0.15) is 0 Å². The van der Waals surface area contributed by atoms with E-state index in [1.165, 1.54) is 11.3 Å². The smallest absolute Gasteiger partial charge is 0.326 e. The van der Waals surface area contributed by atoms with E-state index in [2.05, 4.69) is 10.2 Å². The zero-order chi connectivity index (χ0) is 11.0. The summed E-state index contributed by atoms with van der Waals surface area (Å²) in [6.07, 6.45) is 1.54. The van der Waals surface area contributed by atoms with Crippen LogP contribution in [0.4, 0.5) is 9.93 Å². The van der Waals surface area contributed by atoms with Gasteiger partial charge in [0.1, 0.15) is 6.26 Å². The molecule has 1 aromatic heterocycles. The molecule has 0 spiro atoms. The fraction of sp³-hybridized carbons (Fsp3) is 0.571. The molecule has 0 N–H and O–H groups in total. The van der Waals surface area contributed by atoms with Gasteiger partial charge < -0.3 is 9.45 Å². The number of carbonyl (C=O) groups excluding carboxylic acids is 1. The summed E-state index contributed by atoms with van der Waals surface area (Å²) >= 11 is 0.0652. The molecule has 0 radical (unpaired) electrons. The number of hydrogen-bond acceptors (Lipinski definition) is 5. The summed E-state index contributed by atoms with van der Waals surface area (Å²) in [5.41, 5.74) is 0. The summed E-state index contributed by atoms with van der Waals surface area (Å²) in [6.45, 7) is 1.29. The third-order valence-electron chi connectivity index (χ3n) is 2.09. The van der Waals surface area contributed by atoms with Crippen molar-refractivity contribution in [1.29, 1.82) is 0 Å². The Balaban J connectivity index is 2.20. The van der Waals surface area contributed by atoms with Gasteiger partial charge in [-0.05, 0) is 11.3 Å². The quantitative estimate of drug-likeness (QED) is 0.550. The summed E-state index contributed by atoms with van der Waals surface area (Å²) in [5.74, 6) is 0. The van der Waals surface area contributed by atoms with Crippen LogP contribution in [0.15, 0.2) is 4.34 Å². The van der Waals surface area contributed by atoms with Gasteiger partial charge in [0, 0.05) is 31.3 Å². The zero-order valence-corrected chi connectivity index (χ0v) is 9.97. The van der Waals surface area contributed by atoms with E-state index in [0.29, 0.717) is 22.6 Å². The summed E-state index contributed by atoms with van der Waals surface area (Å²) in [5, 5.41) is 8.16. The first-order chi connectivity index (χ1) is 7.09. The van der Waals surface area contributed by atoms with Gasteiger partial charge in [0.05, 0.1) is 0 Å². The standard InChI is InChI=1S/C7H10N4O2S2/c1-10-3-4-11(7(10)12)5-8-9-6(14-5)15(2)13/h3-4H2,1-2H3. The van der Waals surface area contributed by atoms with E-state index in [-0.39, 0.29) is 6.03 Å². The molecule has 2 amide bonds. The van der Waals surface area contributed by atoms with E-state index >= 15 is 0 Å². The highest BCUT2D eigenvalue weighted by Crippen LogP contribution is 2.25. The Morgan fingerprint density at radius 3 is 2.67 bits per heavy atom. The molecular formula is C7H10N4O2S2. The minimum atomic E-state index is -1.13. The van der Waals surface area contributed by atoms with E-state index in [1.54, 1.807) is 23.1 Å². The molecule has 0 aromatic carbocycles. The van der Waals surface area contributed by atoms with Gasteiger partial charge in [-0.2, -0.15) is 0 Å².